The number of amides is 2. The summed E-state index contributed by atoms with van der Waals surface area (Å²) in [5.41, 5.74) is 8.22. The lowest BCUT2D eigenvalue weighted by Gasteiger charge is -2.31. The molecule has 0 bridgehead atoms. The maximum atomic E-state index is 12.5. The SMILES string of the molecule is NCCCCCNC(=O)CCN1CCC(OC(=O)Nc2ccccc2-c2ccccc2)CC1. The number of unbranched alkanes of at least 4 members (excludes halogenated alkanes) is 2. The largest absolute Gasteiger partial charge is 0.446 e. The van der Waals surface area contributed by atoms with Crippen molar-refractivity contribution in [3.05, 3.63) is 54.6 Å². The molecule has 0 radical (unpaired) electrons. The second-order valence-corrected chi connectivity index (χ2v) is 8.43. The summed E-state index contributed by atoms with van der Waals surface area (Å²) in [4.78, 5) is 26.8. The first-order chi connectivity index (χ1) is 16.2. The Labute approximate surface area is 196 Å². The van der Waals surface area contributed by atoms with E-state index < -0.39 is 6.09 Å². The molecule has 0 aliphatic carbocycles. The quantitative estimate of drug-likeness (QED) is 0.448. The van der Waals surface area contributed by atoms with Crippen molar-refractivity contribution in [3.63, 3.8) is 0 Å². The molecule has 1 aliphatic heterocycles. The zero-order valence-electron chi connectivity index (χ0n) is 19.3. The molecular weight excluding hydrogens is 416 g/mol. The summed E-state index contributed by atoms with van der Waals surface area (Å²) in [5, 5.41) is 5.88. The number of carbonyl (C=O) groups excluding carboxylic acids is 2. The Balaban J connectivity index is 1.36. The Kier molecular flexibility index (Phi) is 10.2. The highest BCUT2D eigenvalue weighted by Crippen LogP contribution is 2.28. The van der Waals surface area contributed by atoms with Crippen molar-refractivity contribution < 1.29 is 14.3 Å². The van der Waals surface area contributed by atoms with E-state index in [0.29, 0.717) is 13.0 Å². The van der Waals surface area contributed by atoms with Crippen molar-refractivity contribution in [2.75, 3.05) is 38.0 Å². The van der Waals surface area contributed by atoms with Gasteiger partial charge in [-0.2, -0.15) is 0 Å². The predicted octanol–water partition coefficient (Wildman–Crippen LogP) is 4.00. The Morgan fingerprint density at radius 3 is 2.45 bits per heavy atom. The van der Waals surface area contributed by atoms with Crippen molar-refractivity contribution in [1.82, 2.24) is 10.2 Å². The monoisotopic (exact) mass is 452 g/mol. The smallest absolute Gasteiger partial charge is 0.411 e. The van der Waals surface area contributed by atoms with E-state index in [4.69, 9.17) is 10.5 Å². The van der Waals surface area contributed by atoms with E-state index in [0.717, 1.165) is 75.1 Å². The molecule has 0 spiro atoms. The van der Waals surface area contributed by atoms with Crippen molar-refractivity contribution in [1.29, 1.82) is 0 Å². The van der Waals surface area contributed by atoms with Gasteiger partial charge in [-0.15, -0.1) is 0 Å². The summed E-state index contributed by atoms with van der Waals surface area (Å²) in [6.07, 6.45) is 4.54. The van der Waals surface area contributed by atoms with Crippen LogP contribution in [0.15, 0.2) is 54.6 Å². The van der Waals surface area contributed by atoms with E-state index in [1.807, 2.05) is 54.6 Å². The van der Waals surface area contributed by atoms with Gasteiger partial charge in [-0.25, -0.2) is 4.79 Å². The first-order valence-corrected chi connectivity index (χ1v) is 12.0. The van der Waals surface area contributed by atoms with Crippen molar-refractivity contribution in [2.45, 2.75) is 44.6 Å². The van der Waals surface area contributed by atoms with Crippen molar-refractivity contribution in [3.8, 4) is 11.1 Å². The molecule has 1 saturated heterocycles. The minimum absolute atomic E-state index is 0.0950. The summed E-state index contributed by atoms with van der Waals surface area (Å²) in [7, 11) is 0. The third-order valence-corrected chi connectivity index (χ3v) is 5.92. The fourth-order valence-electron chi connectivity index (χ4n) is 4.03. The fourth-order valence-corrected chi connectivity index (χ4v) is 4.03. The van der Waals surface area contributed by atoms with E-state index in [9.17, 15) is 9.59 Å². The van der Waals surface area contributed by atoms with Crippen LogP contribution in [0, 0.1) is 0 Å². The predicted molar refractivity (Wildman–Crippen MR) is 132 cm³/mol. The van der Waals surface area contributed by atoms with Crippen LogP contribution in [0.5, 0.6) is 0 Å². The van der Waals surface area contributed by atoms with E-state index in [2.05, 4.69) is 15.5 Å². The van der Waals surface area contributed by atoms with E-state index in [1.54, 1.807) is 0 Å². The number of carbonyl (C=O) groups is 2. The average molecular weight is 453 g/mol. The van der Waals surface area contributed by atoms with Crippen LogP contribution >= 0.6 is 0 Å². The Morgan fingerprint density at radius 2 is 1.70 bits per heavy atom. The van der Waals surface area contributed by atoms with Gasteiger partial charge in [0.15, 0.2) is 0 Å². The third kappa shape index (κ3) is 8.51. The Morgan fingerprint density at radius 1 is 0.970 bits per heavy atom. The molecule has 7 nitrogen and oxygen atoms in total. The lowest BCUT2D eigenvalue weighted by atomic mass is 10.0. The number of nitrogens with two attached hydrogens (primary N) is 1. The second kappa shape index (κ2) is 13.6. The Hall–Kier alpha value is -2.90. The van der Waals surface area contributed by atoms with Gasteiger partial charge < -0.3 is 20.7 Å². The van der Waals surface area contributed by atoms with Crippen LogP contribution in [0.25, 0.3) is 11.1 Å². The Bertz CT molecular complexity index is 867. The number of piperidine rings is 1. The highest BCUT2D eigenvalue weighted by Gasteiger charge is 2.23. The zero-order chi connectivity index (χ0) is 23.3. The van der Waals surface area contributed by atoms with Crippen molar-refractivity contribution >= 4 is 17.7 Å². The molecule has 1 aliphatic rings. The number of rotatable bonds is 11. The van der Waals surface area contributed by atoms with Gasteiger partial charge in [0.2, 0.25) is 5.91 Å². The van der Waals surface area contributed by atoms with E-state index in [-0.39, 0.29) is 12.0 Å². The second-order valence-electron chi connectivity index (χ2n) is 8.43. The molecule has 1 fully saturated rings. The van der Waals surface area contributed by atoms with Crippen LogP contribution in [0.4, 0.5) is 10.5 Å². The molecule has 3 rings (SSSR count). The first kappa shape index (κ1) is 24.7. The summed E-state index contributed by atoms with van der Waals surface area (Å²) < 4.78 is 5.68. The number of nitrogens with zero attached hydrogens (tertiary/aromatic N) is 1. The standard InChI is InChI=1S/C26H36N4O3/c27-16-7-2-8-17-28-25(31)15-20-30-18-13-22(14-19-30)33-26(32)29-24-12-6-5-11-23(24)21-9-3-1-4-10-21/h1,3-6,9-12,22H,2,7-8,13-20,27H2,(H,28,31)(H,29,32). The summed E-state index contributed by atoms with van der Waals surface area (Å²) >= 11 is 0. The number of benzene rings is 2. The minimum Gasteiger partial charge on any atom is -0.446 e. The van der Waals surface area contributed by atoms with Crippen LogP contribution in [0.3, 0.4) is 0 Å². The number of hydrogen-bond acceptors (Lipinski definition) is 5. The third-order valence-electron chi connectivity index (χ3n) is 5.92. The van der Waals surface area contributed by atoms with Gasteiger partial charge in [0.1, 0.15) is 6.10 Å². The number of para-hydroxylation sites is 1. The highest BCUT2D eigenvalue weighted by atomic mass is 16.6. The molecule has 2 aromatic carbocycles. The number of anilines is 1. The summed E-state index contributed by atoms with van der Waals surface area (Å²) in [6, 6.07) is 17.7. The normalized spacial score (nSPS) is 14.6. The summed E-state index contributed by atoms with van der Waals surface area (Å²) in [5.74, 6) is 0.0950. The molecule has 7 heteroatoms. The fraction of sp³-hybridized carbons (Fsp3) is 0.462. The van der Waals surface area contributed by atoms with Gasteiger partial charge in [-0.3, -0.25) is 10.1 Å². The first-order valence-electron chi connectivity index (χ1n) is 12.0. The molecular formula is C26H36N4O3. The van der Waals surface area contributed by atoms with Crippen LogP contribution in [0.2, 0.25) is 0 Å². The van der Waals surface area contributed by atoms with Gasteiger partial charge in [-0.05, 0) is 43.9 Å². The molecule has 4 N–H and O–H groups in total. The van der Waals surface area contributed by atoms with Crippen molar-refractivity contribution in [2.24, 2.45) is 5.73 Å². The minimum atomic E-state index is -0.425. The van der Waals surface area contributed by atoms with Crippen LogP contribution in [-0.4, -0.2) is 55.7 Å². The number of hydrogen-bond donors (Lipinski definition) is 3. The number of ether oxygens (including phenoxy) is 1. The molecule has 0 unspecified atom stereocenters. The molecule has 1 heterocycles. The molecule has 0 aromatic heterocycles. The molecule has 2 aromatic rings. The molecule has 178 valence electrons. The van der Waals surface area contributed by atoms with E-state index >= 15 is 0 Å². The van der Waals surface area contributed by atoms with Gasteiger partial charge in [0.25, 0.3) is 0 Å². The number of nitrogens with one attached hydrogen (secondary N) is 2. The van der Waals surface area contributed by atoms with Gasteiger partial charge in [0, 0.05) is 38.2 Å². The van der Waals surface area contributed by atoms with Gasteiger partial charge in [-0.1, -0.05) is 55.0 Å². The van der Waals surface area contributed by atoms with Gasteiger partial charge >= 0.3 is 6.09 Å². The van der Waals surface area contributed by atoms with Crippen LogP contribution in [0.1, 0.15) is 38.5 Å². The molecule has 0 atom stereocenters. The maximum absolute atomic E-state index is 12.5. The zero-order valence-corrected chi connectivity index (χ0v) is 19.3. The average Bonchev–Trinajstić information content (AvgIpc) is 2.84. The van der Waals surface area contributed by atoms with Crippen LogP contribution < -0.4 is 16.4 Å². The number of likely N-dealkylation sites (tertiary alicyclic amines) is 1. The lowest BCUT2D eigenvalue weighted by molar-refractivity contribution is -0.121. The molecule has 2 amide bonds. The maximum Gasteiger partial charge on any atom is 0.411 e. The topological polar surface area (TPSA) is 96.7 Å². The van der Waals surface area contributed by atoms with Gasteiger partial charge in [0.05, 0.1) is 5.69 Å². The molecule has 0 saturated carbocycles. The summed E-state index contributed by atoms with van der Waals surface area (Å²) in [6.45, 7) is 3.80. The van der Waals surface area contributed by atoms with Crippen LogP contribution in [-0.2, 0) is 9.53 Å². The van der Waals surface area contributed by atoms with E-state index in [1.165, 1.54) is 0 Å². The molecule has 33 heavy (non-hydrogen) atoms. The lowest BCUT2D eigenvalue weighted by Crippen LogP contribution is -2.40. The highest BCUT2D eigenvalue weighted by molar-refractivity contribution is 5.91.